The molecule has 0 bridgehead atoms. The second kappa shape index (κ2) is 11.0. The summed E-state index contributed by atoms with van der Waals surface area (Å²) in [7, 11) is 0. The molecule has 0 saturated heterocycles. The Kier molecular flexibility index (Phi) is 7.03. The molecule has 5 aromatic rings. The highest BCUT2D eigenvalue weighted by Gasteiger charge is 2.31. The number of amides is 1. The number of nitrogens with two attached hydrogens (primary N) is 1. The number of anilines is 2. The van der Waals surface area contributed by atoms with Crippen LogP contribution in [0.5, 0.6) is 0 Å². The molecule has 0 spiro atoms. The number of halogens is 2. The highest BCUT2D eigenvalue weighted by atomic mass is 19.1. The Morgan fingerprint density at radius 1 is 1.07 bits per heavy atom. The van der Waals surface area contributed by atoms with E-state index in [1.807, 2.05) is 13.1 Å². The largest absolute Gasteiger partial charge is 0.383 e. The summed E-state index contributed by atoms with van der Waals surface area (Å²) < 4.78 is 31.9. The molecule has 1 saturated carbocycles. The molecule has 0 unspecified atom stereocenters. The molecule has 43 heavy (non-hydrogen) atoms. The number of nitriles is 1. The number of hydrogen-bond acceptors (Lipinski definition) is 6. The van der Waals surface area contributed by atoms with E-state index in [4.69, 9.17) is 5.73 Å². The normalized spacial score (nSPS) is 12.6. The summed E-state index contributed by atoms with van der Waals surface area (Å²) >= 11 is 0. The SMILES string of the molecule is CCn1cc(-c2cnc(N)c(-c3ccc(NC(=O)c4cc(C5CC5)c(C#N)n(-c5ccc(F)cc5)c4=O)cc3F)c2)cn1. The Balaban J connectivity index is 1.33. The van der Waals surface area contributed by atoms with Crippen LogP contribution in [0.1, 0.15) is 47.3 Å². The van der Waals surface area contributed by atoms with Gasteiger partial charge < -0.3 is 11.1 Å². The maximum Gasteiger partial charge on any atom is 0.269 e. The van der Waals surface area contributed by atoms with Crippen LogP contribution in [0.4, 0.5) is 20.3 Å². The number of carbonyl (C=O) groups excluding carboxylic acids is 1. The molecule has 3 N–H and O–H groups in total. The molecule has 1 aliphatic rings. The Labute approximate surface area is 244 Å². The van der Waals surface area contributed by atoms with Gasteiger partial charge in [0.05, 0.1) is 11.9 Å². The quantitative estimate of drug-likeness (QED) is 0.257. The Morgan fingerprint density at radius 3 is 2.49 bits per heavy atom. The summed E-state index contributed by atoms with van der Waals surface area (Å²) in [5, 5.41) is 16.8. The summed E-state index contributed by atoms with van der Waals surface area (Å²) in [6, 6.07) is 14.4. The first-order valence-corrected chi connectivity index (χ1v) is 13.6. The number of rotatable bonds is 7. The van der Waals surface area contributed by atoms with Crippen molar-refractivity contribution in [1.29, 1.82) is 5.26 Å². The number of benzene rings is 2. The predicted octanol–water partition coefficient (Wildman–Crippen LogP) is 5.64. The summed E-state index contributed by atoms with van der Waals surface area (Å²) in [5.74, 6) is -1.77. The number of nitrogen functional groups attached to an aromatic ring is 1. The van der Waals surface area contributed by atoms with Crippen molar-refractivity contribution in [2.45, 2.75) is 32.2 Å². The third kappa shape index (κ3) is 5.26. The number of carbonyl (C=O) groups is 1. The summed E-state index contributed by atoms with van der Waals surface area (Å²) in [6.07, 6.45) is 6.76. The van der Waals surface area contributed by atoms with Gasteiger partial charge in [0.1, 0.15) is 34.8 Å². The Bertz CT molecular complexity index is 1990. The van der Waals surface area contributed by atoms with E-state index in [1.165, 1.54) is 42.5 Å². The van der Waals surface area contributed by atoms with E-state index >= 15 is 4.39 Å². The molecule has 3 heterocycles. The summed E-state index contributed by atoms with van der Waals surface area (Å²) in [4.78, 5) is 31.2. The van der Waals surface area contributed by atoms with E-state index in [2.05, 4.69) is 21.5 Å². The van der Waals surface area contributed by atoms with E-state index in [-0.39, 0.29) is 39.9 Å². The average molecular weight is 578 g/mol. The van der Waals surface area contributed by atoms with Gasteiger partial charge in [-0.15, -0.1) is 0 Å². The van der Waals surface area contributed by atoms with Crippen molar-refractivity contribution < 1.29 is 13.6 Å². The predicted molar refractivity (Wildman–Crippen MR) is 158 cm³/mol. The van der Waals surface area contributed by atoms with E-state index in [9.17, 15) is 19.2 Å². The van der Waals surface area contributed by atoms with Gasteiger partial charge in [0.25, 0.3) is 11.5 Å². The van der Waals surface area contributed by atoms with E-state index in [1.54, 1.807) is 23.1 Å². The van der Waals surface area contributed by atoms with Crippen LogP contribution in [-0.4, -0.2) is 25.2 Å². The van der Waals surface area contributed by atoms with Gasteiger partial charge in [0.2, 0.25) is 0 Å². The van der Waals surface area contributed by atoms with Crippen LogP contribution in [0.25, 0.3) is 27.9 Å². The van der Waals surface area contributed by atoms with Crippen LogP contribution >= 0.6 is 0 Å². The monoisotopic (exact) mass is 577 g/mol. The maximum absolute atomic E-state index is 15.5. The van der Waals surface area contributed by atoms with Gasteiger partial charge in [-0.1, -0.05) is 0 Å². The highest BCUT2D eigenvalue weighted by Crippen LogP contribution is 2.42. The summed E-state index contributed by atoms with van der Waals surface area (Å²) in [6.45, 7) is 2.66. The lowest BCUT2D eigenvalue weighted by Gasteiger charge is -2.15. The highest BCUT2D eigenvalue weighted by molar-refractivity contribution is 6.04. The standard InChI is InChI=1S/C32H25F2N7O2/c1-2-40-17-20(16-38-40)19-11-26(30(36)37-15-19)24-10-7-22(12-28(24)34)39-31(42)27-13-25(18-3-4-18)29(14-35)41(32(27)43)23-8-5-21(33)6-9-23/h5-13,15-18H,2-4H2,1H3,(H2,36,37)(H,39,42). The second-order valence-electron chi connectivity index (χ2n) is 10.3. The molecule has 11 heteroatoms. The second-order valence-corrected chi connectivity index (χ2v) is 10.3. The van der Waals surface area contributed by atoms with Crippen molar-refractivity contribution in [2.75, 3.05) is 11.1 Å². The minimum Gasteiger partial charge on any atom is -0.383 e. The van der Waals surface area contributed by atoms with Crippen LogP contribution in [0.15, 0.2) is 78.0 Å². The first kappa shape index (κ1) is 27.5. The molecule has 214 valence electrons. The fraction of sp³-hybridized carbons (Fsp3) is 0.156. The van der Waals surface area contributed by atoms with E-state index < -0.39 is 23.1 Å². The minimum atomic E-state index is -0.768. The molecule has 0 atom stereocenters. The van der Waals surface area contributed by atoms with Gasteiger partial charge in [-0.2, -0.15) is 10.4 Å². The lowest BCUT2D eigenvalue weighted by molar-refractivity contribution is 0.102. The van der Waals surface area contributed by atoms with Gasteiger partial charge in [0, 0.05) is 46.9 Å². The third-order valence-electron chi connectivity index (χ3n) is 7.41. The van der Waals surface area contributed by atoms with Crippen LogP contribution in [0.2, 0.25) is 0 Å². The number of hydrogen-bond donors (Lipinski definition) is 2. The van der Waals surface area contributed by atoms with Crippen molar-refractivity contribution in [1.82, 2.24) is 19.3 Å². The van der Waals surface area contributed by atoms with Crippen LogP contribution in [0, 0.1) is 23.0 Å². The molecule has 3 aromatic heterocycles. The molecular formula is C32H25F2N7O2. The van der Waals surface area contributed by atoms with Crippen molar-refractivity contribution in [3.05, 3.63) is 112 Å². The number of aryl methyl sites for hydroxylation is 1. The number of nitrogens with zero attached hydrogens (tertiary/aromatic N) is 5. The van der Waals surface area contributed by atoms with Crippen molar-refractivity contribution in [3.63, 3.8) is 0 Å². The van der Waals surface area contributed by atoms with Gasteiger partial charge in [-0.25, -0.2) is 13.8 Å². The van der Waals surface area contributed by atoms with E-state index in [0.717, 1.165) is 29.0 Å². The smallest absolute Gasteiger partial charge is 0.269 e. The minimum absolute atomic E-state index is 0.0244. The zero-order valence-electron chi connectivity index (χ0n) is 23.0. The molecular weight excluding hydrogens is 552 g/mol. The summed E-state index contributed by atoms with van der Waals surface area (Å²) in [5.41, 5.74) is 8.24. The zero-order valence-corrected chi connectivity index (χ0v) is 23.0. The lowest BCUT2D eigenvalue weighted by atomic mass is 10.0. The molecule has 6 rings (SSSR count). The van der Waals surface area contributed by atoms with Gasteiger partial charge in [0.15, 0.2) is 0 Å². The molecule has 1 aliphatic carbocycles. The van der Waals surface area contributed by atoms with Crippen molar-refractivity contribution in [3.8, 4) is 34.0 Å². The first-order chi connectivity index (χ1) is 20.8. The fourth-order valence-corrected chi connectivity index (χ4v) is 5.00. The molecule has 0 radical (unpaired) electrons. The number of nitrogens with one attached hydrogen (secondary N) is 1. The lowest BCUT2D eigenvalue weighted by Crippen LogP contribution is -2.31. The van der Waals surface area contributed by atoms with Gasteiger partial charge >= 0.3 is 0 Å². The van der Waals surface area contributed by atoms with Gasteiger partial charge in [-0.3, -0.25) is 18.8 Å². The van der Waals surface area contributed by atoms with Crippen LogP contribution in [-0.2, 0) is 6.54 Å². The van der Waals surface area contributed by atoms with Crippen LogP contribution < -0.4 is 16.6 Å². The average Bonchev–Trinajstić information content (AvgIpc) is 3.73. The molecule has 9 nitrogen and oxygen atoms in total. The Hall–Kier alpha value is -5.63. The van der Waals surface area contributed by atoms with Crippen molar-refractivity contribution >= 4 is 17.4 Å². The zero-order chi connectivity index (χ0) is 30.2. The number of aromatic nitrogens is 4. The third-order valence-corrected chi connectivity index (χ3v) is 7.41. The van der Waals surface area contributed by atoms with Crippen molar-refractivity contribution in [2.24, 2.45) is 0 Å². The molecule has 1 fully saturated rings. The molecule has 0 aliphatic heterocycles. The fourth-order valence-electron chi connectivity index (χ4n) is 5.00. The number of pyridine rings is 2. The van der Waals surface area contributed by atoms with Crippen LogP contribution in [0.3, 0.4) is 0 Å². The molecule has 1 amide bonds. The first-order valence-electron chi connectivity index (χ1n) is 13.6. The van der Waals surface area contributed by atoms with E-state index in [0.29, 0.717) is 23.2 Å². The topological polar surface area (TPSA) is 132 Å². The molecule has 2 aromatic carbocycles. The van der Waals surface area contributed by atoms with Gasteiger partial charge in [-0.05, 0) is 85.8 Å². The maximum atomic E-state index is 15.5. The Morgan fingerprint density at radius 2 is 1.84 bits per heavy atom.